The highest BCUT2D eigenvalue weighted by molar-refractivity contribution is 5.98. The molecule has 4 rings (SSSR count). The number of nitrogens with zero attached hydrogens (tertiary/aromatic N) is 7. The zero-order valence-corrected chi connectivity index (χ0v) is 15.9. The predicted octanol–water partition coefficient (Wildman–Crippen LogP) is 1.61. The Morgan fingerprint density at radius 1 is 1.33 bits per heavy atom. The molecule has 27 heavy (non-hydrogen) atoms. The highest BCUT2D eigenvalue weighted by Crippen LogP contribution is 2.28. The summed E-state index contributed by atoms with van der Waals surface area (Å²) in [6, 6.07) is 1.84. The number of hydrogen-bond donors (Lipinski definition) is 1. The predicted molar refractivity (Wildman–Crippen MR) is 98.7 cm³/mol. The number of aryl methyl sites for hydroxylation is 3. The van der Waals surface area contributed by atoms with Gasteiger partial charge in [0, 0.05) is 44.9 Å². The van der Waals surface area contributed by atoms with Crippen LogP contribution < -0.4 is 0 Å². The minimum Gasteiger partial charge on any atom is -0.338 e. The Hall–Kier alpha value is -2.97. The molecule has 142 valence electrons. The summed E-state index contributed by atoms with van der Waals surface area (Å²) >= 11 is 0. The summed E-state index contributed by atoms with van der Waals surface area (Å²) in [7, 11) is 1.83. The van der Waals surface area contributed by atoms with Crippen molar-refractivity contribution in [2.24, 2.45) is 7.05 Å². The van der Waals surface area contributed by atoms with Crippen LogP contribution in [-0.4, -0.2) is 58.6 Å². The van der Waals surface area contributed by atoms with Crippen molar-refractivity contribution in [3.63, 3.8) is 0 Å². The van der Waals surface area contributed by atoms with Crippen molar-refractivity contribution in [1.82, 2.24) is 39.6 Å². The first-order valence-electron chi connectivity index (χ1n) is 9.32. The molecular formula is C18H24N8O. The van der Waals surface area contributed by atoms with E-state index in [1.165, 1.54) is 0 Å². The summed E-state index contributed by atoms with van der Waals surface area (Å²) in [4.78, 5) is 19.7. The molecule has 1 amide bonds. The molecule has 1 aliphatic rings. The summed E-state index contributed by atoms with van der Waals surface area (Å²) < 4.78 is 3.40. The van der Waals surface area contributed by atoms with Crippen LogP contribution in [0.5, 0.6) is 0 Å². The normalized spacial score (nSPS) is 15.4. The number of H-pyrrole nitrogens is 1. The van der Waals surface area contributed by atoms with Gasteiger partial charge in [-0.05, 0) is 25.8 Å². The number of likely N-dealkylation sites (tertiary alicyclic amines) is 1. The highest BCUT2D eigenvalue weighted by atomic mass is 16.2. The van der Waals surface area contributed by atoms with Crippen LogP contribution in [0, 0.1) is 6.92 Å². The quantitative estimate of drug-likeness (QED) is 0.755. The number of carbonyl (C=O) groups excluding carboxylic acids is 1. The molecule has 9 heteroatoms. The van der Waals surface area contributed by atoms with Crippen molar-refractivity contribution in [1.29, 1.82) is 0 Å². The van der Waals surface area contributed by atoms with E-state index in [1.54, 1.807) is 15.6 Å². The summed E-state index contributed by atoms with van der Waals surface area (Å²) in [5.74, 6) is 2.79. The van der Waals surface area contributed by atoms with Crippen LogP contribution in [0.15, 0.2) is 18.5 Å². The van der Waals surface area contributed by atoms with E-state index in [0.717, 1.165) is 36.6 Å². The van der Waals surface area contributed by atoms with Gasteiger partial charge in [-0.2, -0.15) is 15.3 Å². The number of aromatic amines is 1. The highest BCUT2D eigenvalue weighted by Gasteiger charge is 2.31. The largest absolute Gasteiger partial charge is 0.338 e. The Balaban J connectivity index is 1.52. The third-order valence-electron chi connectivity index (χ3n) is 5.16. The molecule has 1 aliphatic heterocycles. The third kappa shape index (κ3) is 3.13. The van der Waals surface area contributed by atoms with Crippen molar-refractivity contribution >= 4 is 5.91 Å². The second kappa shape index (κ2) is 6.98. The summed E-state index contributed by atoms with van der Waals surface area (Å²) in [6.07, 6.45) is 6.10. The first kappa shape index (κ1) is 17.4. The molecule has 0 unspecified atom stereocenters. The van der Waals surface area contributed by atoms with Crippen molar-refractivity contribution in [3.05, 3.63) is 41.4 Å². The molecule has 3 aromatic heterocycles. The summed E-state index contributed by atoms with van der Waals surface area (Å²) in [6.45, 7) is 5.30. The molecule has 0 atom stereocenters. The fourth-order valence-corrected chi connectivity index (χ4v) is 3.70. The van der Waals surface area contributed by atoms with Crippen molar-refractivity contribution in [2.75, 3.05) is 13.1 Å². The van der Waals surface area contributed by atoms with E-state index in [1.807, 2.05) is 31.1 Å². The van der Waals surface area contributed by atoms with Gasteiger partial charge in [0.15, 0.2) is 11.6 Å². The SMILES string of the molecule is CCc1nc(C2CCN(C(=O)c3c(C)nn(C)c3-n3cccn3)CC2)n[nH]1. The van der Waals surface area contributed by atoms with Crippen LogP contribution >= 0.6 is 0 Å². The molecule has 4 heterocycles. The van der Waals surface area contributed by atoms with Gasteiger partial charge in [-0.15, -0.1) is 0 Å². The summed E-state index contributed by atoms with van der Waals surface area (Å²) in [5.41, 5.74) is 1.34. The van der Waals surface area contributed by atoms with Crippen LogP contribution in [0.2, 0.25) is 0 Å². The summed E-state index contributed by atoms with van der Waals surface area (Å²) in [5, 5.41) is 16.0. The Morgan fingerprint density at radius 2 is 2.11 bits per heavy atom. The lowest BCUT2D eigenvalue weighted by Gasteiger charge is -2.31. The molecule has 0 spiro atoms. The maximum Gasteiger partial charge on any atom is 0.259 e. The molecule has 1 fully saturated rings. The Labute approximate surface area is 157 Å². The maximum atomic E-state index is 13.2. The van der Waals surface area contributed by atoms with Crippen molar-refractivity contribution in [2.45, 2.75) is 39.0 Å². The van der Waals surface area contributed by atoms with Gasteiger partial charge in [0.2, 0.25) is 0 Å². The average Bonchev–Trinajstić information content (AvgIpc) is 3.41. The minimum absolute atomic E-state index is 0.00813. The number of amides is 1. The molecule has 1 N–H and O–H groups in total. The zero-order valence-electron chi connectivity index (χ0n) is 15.9. The number of rotatable bonds is 4. The monoisotopic (exact) mass is 368 g/mol. The van der Waals surface area contributed by atoms with E-state index in [9.17, 15) is 4.79 Å². The molecule has 0 bridgehead atoms. The van der Waals surface area contributed by atoms with E-state index < -0.39 is 0 Å². The van der Waals surface area contributed by atoms with Gasteiger partial charge in [0.05, 0.1) is 5.69 Å². The molecule has 0 aliphatic carbocycles. The molecule has 0 aromatic carbocycles. The van der Waals surface area contributed by atoms with Gasteiger partial charge in [0.25, 0.3) is 5.91 Å². The lowest BCUT2D eigenvalue weighted by molar-refractivity contribution is 0.0710. The zero-order chi connectivity index (χ0) is 19.0. The smallest absolute Gasteiger partial charge is 0.259 e. The Morgan fingerprint density at radius 3 is 2.74 bits per heavy atom. The molecule has 0 radical (unpaired) electrons. The number of carbonyl (C=O) groups is 1. The van der Waals surface area contributed by atoms with Gasteiger partial charge in [0.1, 0.15) is 11.4 Å². The lowest BCUT2D eigenvalue weighted by atomic mass is 9.95. The number of hydrogen-bond acceptors (Lipinski definition) is 5. The maximum absolute atomic E-state index is 13.2. The van der Waals surface area contributed by atoms with Crippen LogP contribution in [0.4, 0.5) is 0 Å². The molecule has 1 saturated heterocycles. The van der Waals surface area contributed by atoms with Crippen LogP contribution in [-0.2, 0) is 13.5 Å². The first-order chi connectivity index (χ1) is 13.1. The molecular weight excluding hydrogens is 344 g/mol. The van der Waals surface area contributed by atoms with Gasteiger partial charge >= 0.3 is 0 Å². The van der Waals surface area contributed by atoms with Crippen molar-refractivity contribution < 1.29 is 4.79 Å². The lowest BCUT2D eigenvalue weighted by Crippen LogP contribution is -2.38. The topological polar surface area (TPSA) is 97.5 Å². The van der Waals surface area contributed by atoms with Crippen LogP contribution in [0.1, 0.15) is 53.4 Å². The van der Waals surface area contributed by atoms with E-state index in [4.69, 9.17) is 0 Å². The second-order valence-electron chi connectivity index (χ2n) is 6.92. The van der Waals surface area contributed by atoms with E-state index in [0.29, 0.717) is 30.4 Å². The number of piperidine rings is 1. The third-order valence-corrected chi connectivity index (χ3v) is 5.16. The first-order valence-corrected chi connectivity index (χ1v) is 9.32. The fraction of sp³-hybridized carbons (Fsp3) is 0.500. The fourth-order valence-electron chi connectivity index (χ4n) is 3.70. The van der Waals surface area contributed by atoms with E-state index in [2.05, 4.69) is 32.3 Å². The molecule has 3 aromatic rings. The Bertz CT molecular complexity index is 931. The molecule has 0 saturated carbocycles. The standard InChI is InChI=1S/C18H24N8O/c1-4-14-20-16(22-21-14)13-6-10-25(11-7-13)18(27)15-12(2)23-24(3)17(15)26-9-5-8-19-26/h5,8-9,13H,4,6-7,10-11H2,1-3H3,(H,20,21,22). The van der Waals surface area contributed by atoms with Gasteiger partial charge in [-0.25, -0.2) is 14.3 Å². The minimum atomic E-state index is 0.00813. The Kier molecular flexibility index (Phi) is 4.51. The second-order valence-corrected chi connectivity index (χ2v) is 6.92. The number of nitrogens with one attached hydrogen (secondary N) is 1. The van der Waals surface area contributed by atoms with E-state index >= 15 is 0 Å². The molecule has 9 nitrogen and oxygen atoms in total. The number of aromatic nitrogens is 7. The van der Waals surface area contributed by atoms with Crippen LogP contribution in [0.25, 0.3) is 5.82 Å². The van der Waals surface area contributed by atoms with Gasteiger partial charge in [-0.3, -0.25) is 9.89 Å². The van der Waals surface area contributed by atoms with Crippen LogP contribution in [0.3, 0.4) is 0 Å². The van der Waals surface area contributed by atoms with Gasteiger partial charge < -0.3 is 4.90 Å². The van der Waals surface area contributed by atoms with Gasteiger partial charge in [-0.1, -0.05) is 6.92 Å². The average molecular weight is 368 g/mol. The van der Waals surface area contributed by atoms with E-state index in [-0.39, 0.29) is 5.91 Å². The van der Waals surface area contributed by atoms with Crippen molar-refractivity contribution in [3.8, 4) is 5.82 Å².